The van der Waals surface area contributed by atoms with Gasteiger partial charge < -0.3 is 15.2 Å². The number of nitrogen functional groups attached to an aromatic ring is 1. The molecule has 0 spiro atoms. The van der Waals surface area contributed by atoms with Crippen molar-refractivity contribution in [3.05, 3.63) is 47.5 Å². The summed E-state index contributed by atoms with van der Waals surface area (Å²) in [6.45, 7) is 0. The van der Waals surface area contributed by atoms with E-state index in [9.17, 15) is 13.6 Å². The number of esters is 1. The molecule has 2 rings (SSSR count). The van der Waals surface area contributed by atoms with E-state index in [-0.39, 0.29) is 23.0 Å². The van der Waals surface area contributed by atoms with Crippen LogP contribution in [0.15, 0.2) is 30.3 Å². The summed E-state index contributed by atoms with van der Waals surface area (Å²) >= 11 is 0. The van der Waals surface area contributed by atoms with Crippen LogP contribution in [0.3, 0.4) is 0 Å². The first-order valence-electron chi connectivity index (χ1n) is 5.49. The minimum Gasteiger partial charge on any atom is -0.465 e. The number of nitrogens with two attached hydrogens (primary N) is 1. The van der Waals surface area contributed by atoms with E-state index in [1.807, 2.05) is 0 Å². The van der Waals surface area contributed by atoms with Crippen molar-refractivity contribution < 1.29 is 23.0 Å². The molecule has 0 aliphatic carbocycles. The van der Waals surface area contributed by atoms with Crippen molar-refractivity contribution in [2.75, 3.05) is 12.8 Å². The SMILES string of the molecule is COC(=O)c1ccc(Oc2ccc(F)cc2F)nc1N. The minimum atomic E-state index is -0.873. The predicted molar refractivity (Wildman–Crippen MR) is 66.4 cm³/mol. The Kier molecular flexibility index (Phi) is 3.79. The van der Waals surface area contributed by atoms with Crippen LogP contribution >= 0.6 is 0 Å². The quantitative estimate of drug-likeness (QED) is 0.874. The zero-order valence-electron chi connectivity index (χ0n) is 10.4. The van der Waals surface area contributed by atoms with Gasteiger partial charge in [0.25, 0.3) is 0 Å². The van der Waals surface area contributed by atoms with Gasteiger partial charge >= 0.3 is 5.97 Å². The number of aromatic nitrogens is 1. The molecule has 0 amide bonds. The third-order valence-corrected chi connectivity index (χ3v) is 2.41. The van der Waals surface area contributed by atoms with Gasteiger partial charge in [-0.25, -0.2) is 13.6 Å². The zero-order valence-corrected chi connectivity index (χ0v) is 10.4. The number of benzene rings is 1. The monoisotopic (exact) mass is 280 g/mol. The van der Waals surface area contributed by atoms with E-state index in [2.05, 4.69) is 9.72 Å². The van der Waals surface area contributed by atoms with Crippen LogP contribution in [0.2, 0.25) is 0 Å². The highest BCUT2D eigenvalue weighted by Crippen LogP contribution is 2.25. The van der Waals surface area contributed by atoms with Crippen molar-refractivity contribution in [1.82, 2.24) is 4.98 Å². The summed E-state index contributed by atoms with van der Waals surface area (Å²) in [5.74, 6) is -2.58. The molecule has 0 saturated carbocycles. The highest BCUT2D eigenvalue weighted by Gasteiger charge is 2.13. The van der Waals surface area contributed by atoms with Crippen LogP contribution in [0.25, 0.3) is 0 Å². The number of rotatable bonds is 3. The summed E-state index contributed by atoms with van der Waals surface area (Å²) in [4.78, 5) is 15.1. The van der Waals surface area contributed by atoms with E-state index >= 15 is 0 Å². The Morgan fingerprint density at radius 2 is 2.00 bits per heavy atom. The molecule has 7 heteroatoms. The number of methoxy groups -OCH3 is 1. The van der Waals surface area contributed by atoms with Gasteiger partial charge in [-0.1, -0.05) is 0 Å². The first-order valence-corrected chi connectivity index (χ1v) is 5.49. The van der Waals surface area contributed by atoms with Gasteiger partial charge in [0.15, 0.2) is 11.6 Å². The highest BCUT2D eigenvalue weighted by molar-refractivity contribution is 5.94. The molecule has 0 aliphatic heterocycles. The average molecular weight is 280 g/mol. The number of hydrogen-bond acceptors (Lipinski definition) is 5. The third kappa shape index (κ3) is 2.82. The van der Waals surface area contributed by atoms with Crippen molar-refractivity contribution >= 4 is 11.8 Å². The van der Waals surface area contributed by atoms with Crippen molar-refractivity contribution in [1.29, 1.82) is 0 Å². The van der Waals surface area contributed by atoms with Crippen LogP contribution in [0.1, 0.15) is 10.4 Å². The Bertz CT molecular complexity index is 662. The highest BCUT2D eigenvalue weighted by atomic mass is 19.1. The molecule has 0 radical (unpaired) electrons. The lowest BCUT2D eigenvalue weighted by molar-refractivity contribution is 0.0601. The maximum Gasteiger partial charge on any atom is 0.341 e. The van der Waals surface area contributed by atoms with E-state index in [0.29, 0.717) is 6.07 Å². The molecule has 0 bridgehead atoms. The van der Waals surface area contributed by atoms with Crippen LogP contribution in [0.4, 0.5) is 14.6 Å². The zero-order chi connectivity index (χ0) is 14.7. The average Bonchev–Trinajstić information content (AvgIpc) is 2.41. The maximum atomic E-state index is 13.4. The second-order valence-corrected chi connectivity index (χ2v) is 3.75. The predicted octanol–water partition coefficient (Wildman–Crippen LogP) is 2.52. The second kappa shape index (κ2) is 5.52. The maximum absolute atomic E-state index is 13.4. The summed E-state index contributed by atoms with van der Waals surface area (Å²) in [6, 6.07) is 5.51. The topological polar surface area (TPSA) is 74.4 Å². The lowest BCUT2D eigenvalue weighted by Gasteiger charge is -2.08. The van der Waals surface area contributed by atoms with Crippen molar-refractivity contribution in [3.8, 4) is 11.6 Å². The molecule has 1 aromatic heterocycles. The van der Waals surface area contributed by atoms with Crippen LogP contribution < -0.4 is 10.5 Å². The van der Waals surface area contributed by atoms with Gasteiger partial charge in [-0.3, -0.25) is 0 Å². The number of nitrogens with zero attached hydrogens (tertiary/aromatic N) is 1. The molecule has 0 aliphatic rings. The van der Waals surface area contributed by atoms with Gasteiger partial charge in [0, 0.05) is 12.1 Å². The number of halogens is 2. The number of ether oxygens (including phenoxy) is 2. The molecular weight excluding hydrogens is 270 g/mol. The van der Waals surface area contributed by atoms with Crippen molar-refractivity contribution in [2.24, 2.45) is 0 Å². The van der Waals surface area contributed by atoms with E-state index < -0.39 is 17.6 Å². The number of carbonyl (C=O) groups excluding carboxylic acids is 1. The van der Waals surface area contributed by atoms with Crippen LogP contribution in [0, 0.1) is 11.6 Å². The Hall–Kier alpha value is -2.70. The first kappa shape index (κ1) is 13.7. The molecular formula is C13H10F2N2O3. The van der Waals surface area contributed by atoms with Crippen LogP contribution in [-0.2, 0) is 4.74 Å². The molecule has 104 valence electrons. The van der Waals surface area contributed by atoms with Crippen molar-refractivity contribution in [2.45, 2.75) is 0 Å². The normalized spacial score (nSPS) is 10.2. The molecule has 0 atom stereocenters. The summed E-state index contributed by atoms with van der Waals surface area (Å²) in [5.41, 5.74) is 5.64. The molecule has 1 heterocycles. The number of hydrogen-bond donors (Lipinski definition) is 1. The summed E-state index contributed by atoms with van der Waals surface area (Å²) < 4.78 is 35.8. The fraction of sp³-hybridized carbons (Fsp3) is 0.0769. The Morgan fingerprint density at radius 3 is 2.60 bits per heavy atom. The van der Waals surface area contributed by atoms with Gasteiger partial charge in [0.05, 0.1) is 7.11 Å². The number of pyridine rings is 1. The standard InChI is InChI=1S/C13H10F2N2O3/c1-19-13(18)8-3-5-11(17-12(8)16)20-10-4-2-7(14)6-9(10)15/h2-6H,1H3,(H2,16,17). The van der Waals surface area contributed by atoms with E-state index in [4.69, 9.17) is 10.5 Å². The van der Waals surface area contributed by atoms with E-state index in [1.54, 1.807) is 0 Å². The van der Waals surface area contributed by atoms with Gasteiger partial charge in [-0.05, 0) is 18.2 Å². The minimum absolute atomic E-state index is 0.0272. The molecule has 0 saturated heterocycles. The summed E-state index contributed by atoms with van der Waals surface area (Å²) in [6.07, 6.45) is 0. The molecule has 1 aromatic carbocycles. The third-order valence-electron chi connectivity index (χ3n) is 2.41. The van der Waals surface area contributed by atoms with Gasteiger partial charge in [0.1, 0.15) is 17.2 Å². The summed E-state index contributed by atoms with van der Waals surface area (Å²) in [5, 5.41) is 0. The number of anilines is 1. The fourth-order valence-electron chi connectivity index (χ4n) is 1.47. The Morgan fingerprint density at radius 1 is 1.25 bits per heavy atom. The van der Waals surface area contributed by atoms with E-state index in [0.717, 1.165) is 12.1 Å². The first-order chi connectivity index (χ1) is 9.51. The number of carbonyl (C=O) groups is 1. The lowest BCUT2D eigenvalue weighted by Crippen LogP contribution is -2.07. The largest absolute Gasteiger partial charge is 0.465 e. The molecule has 0 unspecified atom stereocenters. The lowest BCUT2D eigenvalue weighted by atomic mass is 10.2. The smallest absolute Gasteiger partial charge is 0.341 e. The van der Waals surface area contributed by atoms with Crippen molar-refractivity contribution in [3.63, 3.8) is 0 Å². The molecule has 0 fully saturated rings. The Balaban J connectivity index is 2.26. The molecule has 2 aromatic rings. The molecule has 20 heavy (non-hydrogen) atoms. The molecule has 5 nitrogen and oxygen atoms in total. The fourth-order valence-corrected chi connectivity index (χ4v) is 1.47. The van der Waals surface area contributed by atoms with Gasteiger partial charge in [0.2, 0.25) is 5.88 Å². The van der Waals surface area contributed by atoms with Crippen LogP contribution in [0.5, 0.6) is 11.6 Å². The summed E-state index contributed by atoms with van der Waals surface area (Å²) in [7, 11) is 1.21. The Labute approximate surface area is 112 Å². The van der Waals surface area contributed by atoms with Gasteiger partial charge in [-0.15, -0.1) is 0 Å². The van der Waals surface area contributed by atoms with Crippen LogP contribution in [-0.4, -0.2) is 18.1 Å². The molecule has 2 N–H and O–H groups in total. The second-order valence-electron chi connectivity index (χ2n) is 3.75. The van der Waals surface area contributed by atoms with E-state index in [1.165, 1.54) is 19.2 Å². The van der Waals surface area contributed by atoms with Gasteiger partial charge in [-0.2, -0.15) is 4.98 Å².